The molecule has 138 valence electrons. The molecule has 1 fully saturated rings. The number of aromatic nitrogens is 2. The van der Waals surface area contributed by atoms with Crippen molar-refractivity contribution in [1.82, 2.24) is 14.7 Å². The van der Waals surface area contributed by atoms with E-state index in [4.69, 9.17) is 4.74 Å². The molecule has 1 aromatic heterocycles. The van der Waals surface area contributed by atoms with Gasteiger partial charge in [0, 0.05) is 51.3 Å². The molecular formula is C19H23N3O4. The van der Waals surface area contributed by atoms with Crippen molar-refractivity contribution in [2.24, 2.45) is 0 Å². The molecule has 0 spiro atoms. The van der Waals surface area contributed by atoms with Gasteiger partial charge in [0.1, 0.15) is 5.75 Å². The fraction of sp³-hybridized carbons (Fsp3) is 0.421. The lowest BCUT2D eigenvalue weighted by atomic mass is 9.90. The summed E-state index contributed by atoms with van der Waals surface area (Å²) < 4.78 is 7.59. The van der Waals surface area contributed by atoms with E-state index in [1.54, 1.807) is 21.8 Å². The molecular weight excluding hydrogens is 334 g/mol. The van der Waals surface area contributed by atoms with Gasteiger partial charge in [-0.3, -0.25) is 9.48 Å². The predicted octanol–water partition coefficient (Wildman–Crippen LogP) is 2.11. The van der Waals surface area contributed by atoms with Crippen LogP contribution in [0.3, 0.4) is 0 Å². The van der Waals surface area contributed by atoms with Gasteiger partial charge in [-0.05, 0) is 30.7 Å². The van der Waals surface area contributed by atoms with Gasteiger partial charge in [0.2, 0.25) is 11.5 Å². The lowest BCUT2D eigenvalue weighted by Crippen LogP contribution is -2.54. The second-order valence-electron chi connectivity index (χ2n) is 6.62. The summed E-state index contributed by atoms with van der Waals surface area (Å²) in [5.41, 5.74) is -0.277. The third-order valence-corrected chi connectivity index (χ3v) is 4.73. The number of aryl methyl sites for hydroxylation is 2. The van der Waals surface area contributed by atoms with Gasteiger partial charge in [0.15, 0.2) is 0 Å². The van der Waals surface area contributed by atoms with Crippen molar-refractivity contribution in [1.29, 1.82) is 0 Å². The number of carboxylic acids is 1. The molecule has 7 nitrogen and oxygen atoms in total. The number of aliphatic carboxylic acids is 1. The first-order chi connectivity index (χ1) is 12.5. The number of carboxylic acid groups (broad SMARTS) is 1. The average molecular weight is 357 g/mol. The van der Waals surface area contributed by atoms with Crippen molar-refractivity contribution in [3.8, 4) is 5.75 Å². The fourth-order valence-corrected chi connectivity index (χ4v) is 3.18. The molecule has 1 aliphatic rings. The molecule has 1 aliphatic heterocycles. The predicted molar refractivity (Wildman–Crippen MR) is 94.8 cm³/mol. The lowest BCUT2D eigenvalue weighted by Gasteiger charge is -2.39. The number of carbonyl (C=O) groups is 2. The smallest absolute Gasteiger partial charge is 0.348 e. The summed E-state index contributed by atoms with van der Waals surface area (Å²) in [6.07, 6.45) is 4.37. The van der Waals surface area contributed by atoms with E-state index in [-0.39, 0.29) is 18.7 Å². The molecule has 26 heavy (non-hydrogen) atoms. The van der Waals surface area contributed by atoms with Gasteiger partial charge in [-0.25, -0.2) is 4.79 Å². The zero-order valence-corrected chi connectivity index (χ0v) is 14.8. The van der Waals surface area contributed by atoms with Gasteiger partial charge in [-0.15, -0.1) is 0 Å². The molecule has 0 radical (unpaired) electrons. The second kappa shape index (κ2) is 7.59. The molecule has 0 atom stereocenters. The molecule has 1 amide bonds. The van der Waals surface area contributed by atoms with Gasteiger partial charge in [-0.2, -0.15) is 5.10 Å². The van der Waals surface area contributed by atoms with E-state index in [1.165, 1.54) is 0 Å². The number of piperidine rings is 1. The molecule has 2 aromatic rings. The van der Waals surface area contributed by atoms with Gasteiger partial charge >= 0.3 is 5.97 Å². The van der Waals surface area contributed by atoms with Crippen molar-refractivity contribution in [2.75, 3.05) is 13.1 Å². The maximum atomic E-state index is 12.4. The molecule has 1 N–H and O–H groups in total. The Balaban J connectivity index is 1.60. The van der Waals surface area contributed by atoms with E-state index < -0.39 is 11.6 Å². The average Bonchev–Trinajstić information content (AvgIpc) is 3.14. The van der Waals surface area contributed by atoms with Crippen LogP contribution in [0.1, 0.15) is 24.8 Å². The summed E-state index contributed by atoms with van der Waals surface area (Å²) in [6.45, 7) is 3.19. The van der Waals surface area contributed by atoms with Gasteiger partial charge in [-0.1, -0.05) is 12.1 Å². The number of benzene rings is 1. The third kappa shape index (κ3) is 4.04. The number of amides is 1. The highest BCUT2D eigenvalue weighted by atomic mass is 16.5. The van der Waals surface area contributed by atoms with Crippen molar-refractivity contribution < 1.29 is 19.4 Å². The van der Waals surface area contributed by atoms with E-state index in [0.717, 1.165) is 5.56 Å². The zero-order chi connectivity index (χ0) is 18.6. The summed E-state index contributed by atoms with van der Waals surface area (Å²) in [6, 6.07) is 9.18. The van der Waals surface area contributed by atoms with Gasteiger partial charge < -0.3 is 14.7 Å². The molecule has 2 heterocycles. The van der Waals surface area contributed by atoms with Crippen molar-refractivity contribution in [3.05, 3.63) is 48.3 Å². The molecule has 7 heteroatoms. The van der Waals surface area contributed by atoms with E-state index in [9.17, 15) is 14.7 Å². The lowest BCUT2D eigenvalue weighted by molar-refractivity contribution is -0.161. The Morgan fingerprint density at radius 2 is 2.04 bits per heavy atom. The summed E-state index contributed by atoms with van der Waals surface area (Å²) in [4.78, 5) is 26.0. The summed E-state index contributed by atoms with van der Waals surface area (Å²) in [5, 5.41) is 13.8. The van der Waals surface area contributed by atoms with Crippen LogP contribution in [0.5, 0.6) is 5.75 Å². The highest BCUT2D eigenvalue weighted by Crippen LogP contribution is 2.30. The number of hydrogen-bond acceptors (Lipinski definition) is 4. The first-order valence-electron chi connectivity index (χ1n) is 8.73. The maximum absolute atomic E-state index is 12.4. The molecule has 0 saturated carbocycles. The standard InChI is InChI=1S/C19H23N3O4/c1-15-4-2-5-16(14-15)26-19(18(24)25)7-12-21(13-8-19)17(23)6-11-22-10-3-9-20-22/h2-5,9-10,14H,6-8,11-13H2,1H3,(H,24,25). The number of carbonyl (C=O) groups excluding carboxylic acids is 1. The SMILES string of the molecule is Cc1cccc(OC2(C(=O)O)CCN(C(=O)CCn3cccn3)CC2)c1. The molecule has 1 saturated heterocycles. The summed E-state index contributed by atoms with van der Waals surface area (Å²) in [5.74, 6) is -0.427. The van der Waals surface area contributed by atoms with Crippen LogP contribution in [0, 0.1) is 6.92 Å². The Labute approximate surface area is 152 Å². The Morgan fingerprint density at radius 1 is 1.27 bits per heavy atom. The van der Waals surface area contributed by atoms with Crippen LogP contribution in [-0.2, 0) is 16.1 Å². The Morgan fingerprint density at radius 3 is 2.65 bits per heavy atom. The third-order valence-electron chi connectivity index (χ3n) is 4.73. The fourth-order valence-electron chi connectivity index (χ4n) is 3.18. The van der Waals surface area contributed by atoms with Crippen LogP contribution in [0.15, 0.2) is 42.7 Å². The van der Waals surface area contributed by atoms with E-state index in [1.807, 2.05) is 37.4 Å². The molecule has 0 bridgehead atoms. The summed E-state index contributed by atoms with van der Waals surface area (Å²) >= 11 is 0. The largest absolute Gasteiger partial charge is 0.478 e. The van der Waals surface area contributed by atoms with Crippen molar-refractivity contribution in [3.63, 3.8) is 0 Å². The monoisotopic (exact) mass is 357 g/mol. The molecule has 3 rings (SSSR count). The first kappa shape index (κ1) is 18.0. The van der Waals surface area contributed by atoms with Crippen LogP contribution < -0.4 is 4.74 Å². The van der Waals surface area contributed by atoms with E-state index in [0.29, 0.717) is 31.8 Å². The maximum Gasteiger partial charge on any atom is 0.348 e. The minimum atomic E-state index is -1.29. The summed E-state index contributed by atoms with van der Waals surface area (Å²) in [7, 11) is 0. The first-order valence-corrected chi connectivity index (χ1v) is 8.73. The number of likely N-dealkylation sites (tertiary alicyclic amines) is 1. The number of ether oxygens (including phenoxy) is 1. The van der Waals surface area contributed by atoms with Crippen LogP contribution in [-0.4, -0.2) is 50.4 Å². The second-order valence-corrected chi connectivity index (χ2v) is 6.62. The highest BCUT2D eigenvalue weighted by molar-refractivity contribution is 5.80. The molecule has 0 unspecified atom stereocenters. The van der Waals surface area contributed by atoms with E-state index in [2.05, 4.69) is 5.10 Å². The number of hydrogen-bond donors (Lipinski definition) is 1. The Hall–Kier alpha value is -2.83. The van der Waals surface area contributed by atoms with Crippen molar-refractivity contribution in [2.45, 2.75) is 38.3 Å². The van der Waals surface area contributed by atoms with Crippen LogP contribution in [0.25, 0.3) is 0 Å². The van der Waals surface area contributed by atoms with Crippen LogP contribution in [0.4, 0.5) is 0 Å². The Kier molecular flexibility index (Phi) is 5.25. The minimum Gasteiger partial charge on any atom is -0.478 e. The quantitative estimate of drug-likeness (QED) is 0.856. The number of rotatable bonds is 6. The van der Waals surface area contributed by atoms with Gasteiger partial charge in [0.05, 0.1) is 0 Å². The van der Waals surface area contributed by atoms with Crippen molar-refractivity contribution >= 4 is 11.9 Å². The van der Waals surface area contributed by atoms with E-state index >= 15 is 0 Å². The normalized spacial score (nSPS) is 16.3. The number of nitrogens with zero attached hydrogens (tertiary/aromatic N) is 3. The highest BCUT2D eigenvalue weighted by Gasteiger charge is 2.44. The minimum absolute atomic E-state index is 0.00930. The van der Waals surface area contributed by atoms with Crippen LogP contribution >= 0.6 is 0 Å². The molecule has 1 aromatic carbocycles. The zero-order valence-electron chi connectivity index (χ0n) is 14.8. The molecule has 0 aliphatic carbocycles. The topological polar surface area (TPSA) is 84.7 Å². The van der Waals surface area contributed by atoms with Crippen LogP contribution in [0.2, 0.25) is 0 Å². The van der Waals surface area contributed by atoms with Gasteiger partial charge in [0.25, 0.3) is 0 Å². The Bertz CT molecular complexity index is 765.